The van der Waals surface area contributed by atoms with Crippen LogP contribution in [0.2, 0.25) is 5.02 Å². The SMILES string of the molecule is COc1cc2ncnc(Nc3ccc(F)c(Cl)c3)c2cc1OC1CCN(CCCN2CCOCC2=O)CC1. The lowest BCUT2D eigenvalue weighted by molar-refractivity contribution is -0.142. The lowest BCUT2D eigenvalue weighted by Gasteiger charge is -2.33. The number of benzene rings is 2. The number of halogens is 2. The molecule has 3 heterocycles. The number of nitrogens with one attached hydrogen (secondary N) is 1. The maximum atomic E-state index is 13.6. The van der Waals surface area contributed by atoms with E-state index in [4.69, 9.17) is 25.8 Å². The van der Waals surface area contributed by atoms with Gasteiger partial charge in [-0.2, -0.15) is 0 Å². The van der Waals surface area contributed by atoms with Gasteiger partial charge in [-0.05, 0) is 50.1 Å². The molecular formula is C27H31ClFN5O4. The first-order chi connectivity index (χ1) is 18.5. The molecule has 0 unspecified atom stereocenters. The van der Waals surface area contributed by atoms with E-state index < -0.39 is 5.82 Å². The Morgan fingerprint density at radius 2 is 1.97 bits per heavy atom. The van der Waals surface area contributed by atoms with Crippen LogP contribution in [0.1, 0.15) is 19.3 Å². The summed E-state index contributed by atoms with van der Waals surface area (Å²) in [4.78, 5) is 25.0. The molecule has 0 aliphatic carbocycles. The smallest absolute Gasteiger partial charge is 0.248 e. The first-order valence-corrected chi connectivity index (χ1v) is 13.2. The van der Waals surface area contributed by atoms with Crippen molar-refractivity contribution in [3.8, 4) is 11.5 Å². The van der Waals surface area contributed by atoms with E-state index in [2.05, 4.69) is 20.2 Å². The monoisotopic (exact) mass is 543 g/mol. The van der Waals surface area contributed by atoms with Crippen molar-refractivity contribution >= 4 is 39.9 Å². The van der Waals surface area contributed by atoms with Crippen molar-refractivity contribution in [3.05, 3.63) is 47.5 Å². The molecule has 0 spiro atoms. The summed E-state index contributed by atoms with van der Waals surface area (Å²) >= 11 is 5.94. The molecule has 38 heavy (non-hydrogen) atoms. The van der Waals surface area contributed by atoms with E-state index in [1.54, 1.807) is 13.2 Å². The zero-order chi connectivity index (χ0) is 26.5. The molecule has 2 aliphatic rings. The van der Waals surface area contributed by atoms with Gasteiger partial charge < -0.3 is 29.3 Å². The number of nitrogens with zero attached hydrogens (tertiary/aromatic N) is 4. The van der Waals surface area contributed by atoms with Gasteiger partial charge in [-0.1, -0.05) is 11.6 Å². The normalized spacial score (nSPS) is 17.1. The Morgan fingerprint density at radius 1 is 1.13 bits per heavy atom. The number of hydrogen-bond acceptors (Lipinski definition) is 8. The summed E-state index contributed by atoms with van der Waals surface area (Å²) in [5.74, 6) is 1.38. The fourth-order valence-corrected chi connectivity index (χ4v) is 5.01. The Kier molecular flexibility index (Phi) is 8.41. The standard InChI is InChI=1S/C27H31ClFN5O4/c1-36-24-15-23-20(27(31-17-30-23)32-18-3-4-22(29)21(28)13-18)14-25(24)38-19-5-9-33(10-6-19)7-2-8-34-11-12-37-16-26(34)35/h3-4,13-15,17,19H,2,5-12,16H2,1H3,(H,30,31,32). The van der Waals surface area contributed by atoms with Gasteiger partial charge >= 0.3 is 0 Å². The minimum absolute atomic E-state index is 0.0278. The number of carbonyl (C=O) groups is 1. The number of morpholine rings is 1. The molecule has 0 atom stereocenters. The summed E-state index contributed by atoms with van der Waals surface area (Å²) in [5.41, 5.74) is 1.30. The Morgan fingerprint density at radius 3 is 2.74 bits per heavy atom. The minimum atomic E-state index is -0.483. The highest BCUT2D eigenvalue weighted by molar-refractivity contribution is 6.31. The molecule has 0 saturated carbocycles. The average molecular weight is 544 g/mol. The van der Waals surface area contributed by atoms with Gasteiger partial charge in [0.1, 0.15) is 30.7 Å². The van der Waals surface area contributed by atoms with E-state index in [1.807, 2.05) is 17.0 Å². The Labute approximate surface area is 225 Å². The third-order valence-electron chi connectivity index (χ3n) is 6.92. The number of likely N-dealkylation sites (tertiary alicyclic amines) is 1. The second kappa shape index (κ2) is 12.1. The predicted molar refractivity (Wildman–Crippen MR) is 143 cm³/mol. The molecule has 3 aromatic rings. The molecule has 2 fully saturated rings. The number of anilines is 2. The van der Waals surface area contributed by atoms with Gasteiger partial charge in [0.15, 0.2) is 11.5 Å². The first-order valence-electron chi connectivity index (χ1n) is 12.8. The second-order valence-electron chi connectivity index (χ2n) is 9.44. The fraction of sp³-hybridized carbons (Fsp3) is 0.444. The number of hydrogen-bond donors (Lipinski definition) is 1. The lowest BCUT2D eigenvalue weighted by Crippen LogP contribution is -2.43. The molecule has 202 valence electrons. The molecule has 0 bridgehead atoms. The van der Waals surface area contributed by atoms with Gasteiger partial charge in [0.25, 0.3) is 0 Å². The van der Waals surface area contributed by atoms with Gasteiger partial charge in [-0.3, -0.25) is 4.79 Å². The Hall–Kier alpha value is -3.21. The third kappa shape index (κ3) is 6.25. The van der Waals surface area contributed by atoms with E-state index in [0.29, 0.717) is 41.7 Å². The molecular weight excluding hydrogens is 513 g/mol. The number of rotatable bonds is 9. The van der Waals surface area contributed by atoms with Crippen molar-refractivity contribution in [2.75, 3.05) is 58.4 Å². The molecule has 2 aliphatic heterocycles. The van der Waals surface area contributed by atoms with Crippen LogP contribution in [-0.4, -0.2) is 84.8 Å². The molecule has 5 rings (SSSR count). The average Bonchev–Trinajstić information content (AvgIpc) is 2.93. The summed E-state index contributed by atoms with van der Waals surface area (Å²) in [6, 6.07) is 8.13. The van der Waals surface area contributed by atoms with Crippen molar-refractivity contribution in [2.45, 2.75) is 25.4 Å². The van der Waals surface area contributed by atoms with Crippen LogP contribution in [-0.2, 0) is 9.53 Å². The number of methoxy groups -OCH3 is 1. The molecule has 0 radical (unpaired) electrons. The van der Waals surface area contributed by atoms with E-state index >= 15 is 0 Å². The van der Waals surface area contributed by atoms with Crippen molar-refractivity contribution in [1.29, 1.82) is 0 Å². The van der Waals surface area contributed by atoms with Crippen LogP contribution >= 0.6 is 11.6 Å². The number of fused-ring (bicyclic) bond motifs is 1. The van der Waals surface area contributed by atoms with E-state index in [9.17, 15) is 9.18 Å². The zero-order valence-electron chi connectivity index (χ0n) is 21.3. The van der Waals surface area contributed by atoms with E-state index in [1.165, 1.54) is 18.5 Å². The Balaban J connectivity index is 1.22. The minimum Gasteiger partial charge on any atom is -0.493 e. The molecule has 2 aromatic carbocycles. The highest BCUT2D eigenvalue weighted by atomic mass is 35.5. The van der Waals surface area contributed by atoms with Crippen LogP contribution in [0.4, 0.5) is 15.9 Å². The lowest BCUT2D eigenvalue weighted by atomic mass is 10.1. The zero-order valence-corrected chi connectivity index (χ0v) is 22.0. The van der Waals surface area contributed by atoms with Crippen molar-refractivity contribution in [1.82, 2.24) is 19.8 Å². The summed E-state index contributed by atoms with van der Waals surface area (Å²) in [6.45, 7) is 5.09. The number of ether oxygens (including phenoxy) is 3. The number of piperidine rings is 1. The van der Waals surface area contributed by atoms with Gasteiger partial charge in [0, 0.05) is 43.3 Å². The quantitative estimate of drug-likeness (QED) is 0.428. The van der Waals surface area contributed by atoms with Crippen LogP contribution in [0.25, 0.3) is 10.9 Å². The summed E-state index contributed by atoms with van der Waals surface area (Å²) in [7, 11) is 1.61. The molecule has 9 nitrogen and oxygen atoms in total. The fourth-order valence-electron chi connectivity index (χ4n) is 4.83. The van der Waals surface area contributed by atoms with Gasteiger partial charge in [0.2, 0.25) is 5.91 Å². The van der Waals surface area contributed by atoms with Crippen molar-refractivity contribution < 1.29 is 23.4 Å². The predicted octanol–water partition coefficient (Wildman–Crippen LogP) is 4.27. The maximum Gasteiger partial charge on any atom is 0.248 e. The number of amides is 1. The summed E-state index contributed by atoms with van der Waals surface area (Å²) in [5, 5.41) is 3.97. The summed E-state index contributed by atoms with van der Waals surface area (Å²) in [6.07, 6.45) is 4.24. The second-order valence-corrected chi connectivity index (χ2v) is 9.85. The van der Waals surface area contributed by atoms with E-state index in [0.717, 1.165) is 50.8 Å². The highest BCUT2D eigenvalue weighted by Gasteiger charge is 2.23. The Bertz CT molecular complexity index is 1290. The molecule has 1 amide bonds. The molecule has 1 aromatic heterocycles. The van der Waals surface area contributed by atoms with Crippen LogP contribution in [0, 0.1) is 5.82 Å². The van der Waals surface area contributed by atoms with E-state index in [-0.39, 0.29) is 23.6 Å². The van der Waals surface area contributed by atoms with Crippen molar-refractivity contribution in [2.24, 2.45) is 0 Å². The number of carbonyl (C=O) groups excluding carboxylic acids is 1. The highest BCUT2D eigenvalue weighted by Crippen LogP contribution is 2.36. The van der Waals surface area contributed by atoms with Gasteiger partial charge in [-0.15, -0.1) is 0 Å². The topological polar surface area (TPSA) is 89.1 Å². The summed E-state index contributed by atoms with van der Waals surface area (Å²) < 4.78 is 30.8. The van der Waals surface area contributed by atoms with Gasteiger partial charge in [0.05, 0.1) is 24.3 Å². The number of aromatic nitrogens is 2. The van der Waals surface area contributed by atoms with Crippen molar-refractivity contribution in [3.63, 3.8) is 0 Å². The molecule has 1 N–H and O–H groups in total. The first kappa shape index (κ1) is 26.4. The van der Waals surface area contributed by atoms with Crippen LogP contribution < -0.4 is 14.8 Å². The van der Waals surface area contributed by atoms with Crippen LogP contribution in [0.3, 0.4) is 0 Å². The maximum absolute atomic E-state index is 13.6. The molecule has 11 heteroatoms. The van der Waals surface area contributed by atoms with Crippen LogP contribution in [0.15, 0.2) is 36.7 Å². The van der Waals surface area contributed by atoms with Crippen LogP contribution in [0.5, 0.6) is 11.5 Å². The third-order valence-corrected chi connectivity index (χ3v) is 7.21. The largest absolute Gasteiger partial charge is 0.493 e. The van der Waals surface area contributed by atoms with Gasteiger partial charge in [-0.25, -0.2) is 14.4 Å². The molecule has 2 saturated heterocycles.